The van der Waals surface area contributed by atoms with Crippen LogP contribution in [0.2, 0.25) is 0 Å². The molecule has 0 aromatic heterocycles. The minimum Gasteiger partial charge on any atom is -0.507 e. The standard InChI is InChI=1S/C12H15IN2O2S/c1-2-15(6-5-11(14)18)12(17)9-7-8(13)3-4-10(9)16/h3-4,7,16H,2,5-6H2,1H3,(H2,14,18). The lowest BCUT2D eigenvalue weighted by Crippen LogP contribution is -2.33. The molecule has 1 rings (SSSR count). The van der Waals surface area contributed by atoms with Crippen LogP contribution in [0.1, 0.15) is 23.7 Å². The van der Waals surface area contributed by atoms with Crippen molar-refractivity contribution in [1.29, 1.82) is 0 Å². The summed E-state index contributed by atoms with van der Waals surface area (Å²) >= 11 is 6.90. The van der Waals surface area contributed by atoms with Gasteiger partial charge in [-0.1, -0.05) is 12.2 Å². The first-order chi connectivity index (χ1) is 8.45. The Morgan fingerprint density at radius 3 is 2.78 bits per heavy atom. The number of amides is 1. The minimum atomic E-state index is -0.204. The van der Waals surface area contributed by atoms with Gasteiger partial charge in [-0.3, -0.25) is 4.79 Å². The number of hydrogen-bond donors (Lipinski definition) is 2. The zero-order chi connectivity index (χ0) is 13.7. The van der Waals surface area contributed by atoms with Crippen molar-refractivity contribution in [1.82, 2.24) is 4.90 Å². The summed E-state index contributed by atoms with van der Waals surface area (Å²) < 4.78 is 0.902. The van der Waals surface area contributed by atoms with Crippen LogP contribution < -0.4 is 5.73 Å². The first kappa shape index (κ1) is 15.2. The van der Waals surface area contributed by atoms with Crippen LogP contribution in [0.4, 0.5) is 0 Å². The highest BCUT2D eigenvalue weighted by molar-refractivity contribution is 14.1. The summed E-state index contributed by atoms with van der Waals surface area (Å²) in [7, 11) is 0. The van der Waals surface area contributed by atoms with Crippen molar-refractivity contribution in [3.63, 3.8) is 0 Å². The van der Waals surface area contributed by atoms with Gasteiger partial charge in [-0.15, -0.1) is 0 Å². The topological polar surface area (TPSA) is 66.6 Å². The van der Waals surface area contributed by atoms with E-state index in [0.29, 0.717) is 30.1 Å². The average molecular weight is 378 g/mol. The molecule has 0 atom stereocenters. The molecular weight excluding hydrogens is 363 g/mol. The average Bonchev–Trinajstić information content (AvgIpc) is 2.32. The normalized spacial score (nSPS) is 10.1. The van der Waals surface area contributed by atoms with Crippen molar-refractivity contribution in [2.24, 2.45) is 5.73 Å². The second-order valence-corrected chi connectivity index (χ2v) is 5.53. The molecule has 0 heterocycles. The van der Waals surface area contributed by atoms with E-state index in [1.807, 2.05) is 6.92 Å². The zero-order valence-electron chi connectivity index (χ0n) is 10.0. The van der Waals surface area contributed by atoms with Gasteiger partial charge in [0.1, 0.15) is 5.75 Å². The first-order valence-electron chi connectivity index (χ1n) is 5.51. The van der Waals surface area contributed by atoms with E-state index in [-0.39, 0.29) is 11.7 Å². The molecule has 0 aliphatic heterocycles. The Morgan fingerprint density at radius 2 is 2.22 bits per heavy atom. The fraction of sp³-hybridized carbons (Fsp3) is 0.333. The number of aromatic hydroxyl groups is 1. The number of carbonyl (C=O) groups excluding carboxylic acids is 1. The van der Waals surface area contributed by atoms with E-state index in [0.717, 1.165) is 3.57 Å². The molecule has 0 radical (unpaired) electrons. The van der Waals surface area contributed by atoms with Gasteiger partial charge in [0.2, 0.25) is 0 Å². The lowest BCUT2D eigenvalue weighted by molar-refractivity contribution is 0.0766. The van der Waals surface area contributed by atoms with Crippen molar-refractivity contribution >= 4 is 45.7 Å². The molecule has 1 aromatic rings. The van der Waals surface area contributed by atoms with Gasteiger partial charge in [-0.25, -0.2) is 0 Å². The van der Waals surface area contributed by atoms with Crippen molar-refractivity contribution in [3.05, 3.63) is 27.3 Å². The maximum absolute atomic E-state index is 12.2. The van der Waals surface area contributed by atoms with E-state index in [2.05, 4.69) is 22.6 Å². The van der Waals surface area contributed by atoms with Crippen LogP contribution in [0.5, 0.6) is 5.75 Å². The van der Waals surface area contributed by atoms with Crippen molar-refractivity contribution in [2.75, 3.05) is 13.1 Å². The Balaban J connectivity index is 2.89. The molecule has 1 aromatic carbocycles. The Morgan fingerprint density at radius 1 is 1.56 bits per heavy atom. The highest BCUT2D eigenvalue weighted by Gasteiger charge is 2.17. The first-order valence-corrected chi connectivity index (χ1v) is 7.00. The van der Waals surface area contributed by atoms with E-state index in [1.165, 1.54) is 6.07 Å². The van der Waals surface area contributed by atoms with Gasteiger partial charge in [0.15, 0.2) is 0 Å². The molecule has 0 fully saturated rings. The van der Waals surface area contributed by atoms with E-state index < -0.39 is 0 Å². The van der Waals surface area contributed by atoms with Gasteiger partial charge < -0.3 is 15.7 Å². The highest BCUT2D eigenvalue weighted by Crippen LogP contribution is 2.21. The van der Waals surface area contributed by atoms with E-state index in [9.17, 15) is 9.90 Å². The second-order valence-electron chi connectivity index (χ2n) is 3.76. The van der Waals surface area contributed by atoms with E-state index in [4.69, 9.17) is 18.0 Å². The minimum absolute atomic E-state index is 0.00538. The number of nitrogens with two attached hydrogens (primary N) is 1. The number of nitrogens with zero attached hydrogens (tertiary/aromatic N) is 1. The fourth-order valence-corrected chi connectivity index (χ4v) is 2.08. The zero-order valence-corrected chi connectivity index (χ0v) is 13.0. The fourth-order valence-electron chi connectivity index (χ4n) is 1.50. The monoisotopic (exact) mass is 378 g/mol. The number of phenolic OH excluding ortho intramolecular Hbond substituents is 1. The maximum atomic E-state index is 12.2. The van der Waals surface area contributed by atoms with Crippen LogP contribution in [0, 0.1) is 3.57 Å². The molecular formula is C12H15IN2O2S. The maximum Gasteiger partial charge on any atom is 0.257 e. The van der Waals surface area contributed by atoms with Crippen LogP contribution in [0.15, 0.2) is 18.2 Å². The Hall–Kier alpha value is -0.890. The third kappa shape index (κ3) is 4.09. The summed E-state index contributed by atoms with van der Waals surface area (Å²) in [4.78, 5) is 14.2. The molecule has 0 saturated heterocycles. The molecule has 4 nitrogen and oxygen atoms in total. The molecule has 18 heavy (non-hydrogen) atoms. The quantitative estimate of drug-likeness (QED) is 0.609. The van der Waals surface area contributed by atoms with Crippen LogP contribution in [-0.4, -0.2) is 34.0 Å². The number of carbonyl (C=O) groups is 1. The lowest BCUT2D eigenvalue weighted by atomic mass is 10.1. The molecule has 0 bridgehead atoms. The Kier molecular flexibility index (Phi) is 5.80. The SMILES string of the molecule is CCN(CCC(N)=S)C(=O)c1cc(I)ccc1O. The largest absolute Gasteiger partial charge is 0.507 e. The lowest BCUT2D eigenvalue weighted by Gasteiger charge is -2.21. The van der Waals surface area contributed by atoms with Gasteiger partial charge in [-0.2, -0.15) is 0 Å². The summed E-state index contributed by atoms with van der Waals surface area (Å²) in [5.41, 5.74) is 5.74. The third-order valence-electron chi connectivity index (χ3n) is 2.49. The summed E-state index contributed by atoms with van der Waals surface area (Å²) in [6, 6.07) is 4.94. The summed E-state index contributed by atoms with van der Waals surface area (Å²) in [5, 5.41) is 9.73. The molecule has 98 valence electrons. The predicted octanol–water partition coefficient (Wildman–Crippen LogP) is 2.14. The molecule has 0 spiro atoms. The molecule has 0 saturated carbocycles. The Labute approximate surface area is 125 Å². The molecule has 3 N–H and O–H groups in total. The predicted molar refractivity (Wildman–Crippen MR) is 83.8 cm³/mol. The van der Waals surface area contributed by atoms with Gasteiger partial charge in [-0.05, 0) is 47.7 Å². The van der Waals surface area contributed by atoms with Crippen LogP contribution in [0.3, 0.4) is 0 Å². The number of hydrogen-bond acceptors (Lipinski definition) is 3. The van der Waals surface area contributed by atoms with Gasteiger partial charge >= 0.3 is 0 Å². The van der Waals surface area contributed by atoms with Gasteiger partial charge in [0, 0.05) is 23.1 Å². The number of halogens is 1. The number of rotatable bonds is 5. The molecule has 0 aliphatic carbocycles. The smallest absolute Gasteiger partial charge is 0.257 e. The number of benzene rings is 1. The van der Waals surface area contributed by atoms with Crippen molar-refractivity contribution in [2.45, 2.75) is 13.3 Å². The summed E-state index contributed by atoms with van der Waals surface area (Å²) in [5.74, 6) is -0.209. The van der Waals surface area contributed by atoms with Crippen LogP contribution in [0.25, 0.3) is 0 Å². The molecule has 1 amide bonds. The van der Waals surface area contributed by atoms with Crippen LogP contribution >= 0.6 is 34.8 Å². The summed E-state index contributed by atoms with van der Waals surface area (Å²) in [6.07, 6.45) is 0.486. The molecule has 0 unspecified atom stereocenters. The molecule has 0 aliphatic rings. The van der Waals surface area contributed by atoms with Gasteiger partial charge in [0.05, 0.1) is 10.6 Å². The van der Waals surface area contributed by atoms with Crippen molar-refractivity contribution in [3.8, 4) is 5.75 Å². The van der Waals surface area contributed by atoms with Crippen LogP contribution in [-0.2, 0) is 0 Å². The van der Waals surface area contributed by atoms with Crippen molar-refractivity contribution < 1.29 is 9.90 Å². The number of phenols is 1. The Bertz CT molecular complexity index is 465. The van der Waals surface area contributed by atoms with Gasteiger partial charge in [0.25, 0.3) is 5.91 Å². The second kappa shape index (κ2) is 6.89. The third-order valence-corrected chi connectivity index (χ3v) is 3.36. The van der Waals surface area contributed by atoms with E-state index >= 15 is 0 Å². The summed E-state index contributed by atoms with van der Waals surface area (Å²) in [6.45, 7) is 2.89. The van der Waals surface area contributed by atoms with E-state index in [1.54, 1.807) is 17.0 Å². The molecule has 6 heteroatoms. The highest BCUT2D eigenvalue weighted by atomic mass is 127. The number of thiocarbonyl (C=S) groups is 1.